The molecule has 1 atom stereocenters. The van der Waals surface area contributed by atoms with Crippen molar-refractivity contribution in [3.05, 3.63) is 64.7 Å². The molecule has 7 heteroatoms. The fourth-order valence-electron chi connectivity index (χ4n) is 3.22. The van der Waals surface area contributed by atoms with Gasteiger partial charge in [-0.05, 0) is 42.0 Å². The summed E-state index contributed by atoms with van der Waals surface area (Å²) < 4.78 is 1.73. The summed E-state index contributed by atoms with van der Waals surface area (Å²) in [5, 5.41) is 3.85. The van der Waals surface area contributed by atoms with Crippen LogP contribution in [0.25, 0.3) is 10.9 Å². The second kappa shape index (κ2) is 10.6. The lowest BCUT2D eigenvalue weighted by Crippen LogP contribution is -2.36. The maximum Gasteiger partial charge on any atom is 0.262 e. The number of fused-ring (bicyclic) bond motifs is 1. The van der Waals surface area contributed by atoms with Gasteiger partial charge in [-0.25, -0.2) is 4.98 Å². The molecule has 1 unspecified atom stereocenters. The number of nitrogens with one attached hydrogen (secondary N) is 1. The van der Waals surface area contributed by atoms with Gasteiger partial charge in [0.1, 0.15) is 0 Å². The lowest BCUT2D eigenvalue weighted by Gasteiger charge is -2.22. The minimum absolute atomic E-state index is 0.0491. The second-order valence-corrected chi connectivity index (χ2v) is 9.52. The van der Waals surface area contributed by atoms with Crippen molar-refractivity contribution in [1.82, 2.24) is 19.9 Å². The van der Waals surface area contributed by atoms with Crippen LogP contribution in [0, 0.1) is 11.8 Å². The number of hydrogen-bond donors (Lipinski definition) is 1. The van der Waals surface area contributed by atoms with Crippen LogP contribution < -0.4 is 10.9 Å². The van der Waals surface area contributed by atoms with E-state index in [4.69, 9.17) is 4.98 Å². The van der Waals surface area contributed by atoms with Gasteiger partial charge in [0.05, 0.1) is 16.2 Å². The molecule has 0 spiro atoms. The van der Waals surface area contributed by atoms with Crippen molar-refractivity contribution in [2.75, 3.05) is 0 Å². The molecule has 6 nitrogen and oxygen atoms in total. The number of amides is 1. The van der Waals surface area contributed by atoms with Crippen LogP contribution in [0.5, 0.6) is 0 Å². The van der Waals surface area contributed by atoms with Crippen molar-refractivity contribution in [1.29, 1.82) is 0 Å². The largest absolute Gasteiger partial charge is 0.351 e. The Balaban J connectivity index is 1.89. The van der Waals surface area contributed by atoms with Gasteiger partial charge in [0.25, 0.3) is 5.56 Å². The third-order valence-electron chi connectivity index (χ3n) is 5.04. The van der Waals surface area contributed by atoms with E-state index in [9.17, 15) is 9.59 Å². The molecule has 0 bridgehead atoms. The number of nitrogens with zero attached hydrogens (tertiary/aromatic N) is 3. The molecule has 3 aromatic rings. The fraction of sp³-hybridized carbons (Fsp3) is 0.417. The van der Waals surface area contributed by atoms with E-state index in [1.165, 1.54) is 11.8 Å². The number of thioether (sulfide) groups is 1. The third kappa shape index (κ3) is 5.94. The molecule has 1 N–H and O–H groups in total. The maximum absolute atomic E-state index is 13.2. The van der Waals surface area contributed by atoms with Crippen molar-refractivity contribution in [2.24, 2.45) is 11.8 Å². The van der Waals surface area contributed by atoms with Crippen LogP contribution in [0.4, 0.5) is 0 Å². The first-order valence-corrected chi connectivity index (χ1v) is 11.6. The van der Waals surface area contributed by atoms with E-state index < -0.39 is 0 Å². The van der Waals surface area contributed by atoms with E-state index >= 15 is 0 Å². The zero-order valence-corrected chi connectivity index (χ0v) is 19.4. The first kappa shape index (κ1) is 23.0. The van der Waals surface area contributed by atoms with E-state index in [0.717, 1.165) is 12.0 Å². The number of rotatable bonds is 9. The minimum atomic E-state index is -0.366. The van der Waals surface area contributed by atoms with Gasteiger partial charge in [-0.3, -0.25) is 19.1 Å². The molecule has 0 aliphatic heterocycles. The van der Waals surface area contributed by atoms with Crippen LogP contribution >= 0.6 is 11.8 Å². The van der Waals surface area contributed by atoms with Crippen LogP contribution in [-0.2, 0) is 17.9 Å². The Bertz CT molecular complexity index is 1080. The van der Waals surface area contributed by atoms with Crippen LogP contribution in [0.2, 0.25) is 0 Å². The molecule has 2 heterocycles. The predicted octanol–water partition coefficient (Wildman–Crippen LogP) is 4.27. The summed E-state index contributed by atoms with van der Waals surface area (Å²) >= 11 is 1.37. The van der Waals surface area contributed by atoms with Gasteiger partial charge >= 0.3 is 0 Å². The van der Waals surface area contributed by atoms with Crippen LogP contribution in [0.15, 0.2) is 58.7 Å². The van der Waals surface area contributed by atoms with Crippen LogP contribution in [-0.4, -0.2) is 25.7 Å². The number of para-hydroxylation sites is 1. The zero-order valence-electron chi connectivity index (χ0n) is 18.5. The highest BCUT2D eigenvalue weighted by Gasteiger charge is 2.26. The van der Waals surface area contributed by atoms with E-state index in [1.54, 1.807) is 17.0 Å². The monoisotopic (exact) mass is 438 g/mol. The molecule has 31 heavy (non-hydrogen) atoms. The standard InChI is InChI=1S/C24H30N4O2S/c1-16(2)11-13-28-23(30)19-9-5-6-10-20(19)27-24(28)31-21(17(3)4)22(29)26-15-18-8-7-12-25-14-18/h5-10,12,14,16-17,21H,11,13,15H2,1-4H3,(H,26,29). The van der Waals surface area contributed by atoms with E-state index in [1.807, 2.05) is 50.2 Å². The van der Waals surface area contributed by atoms with Crippen molar-refractivity contribution in [3.8, 4) is 0 Å². The summed E-state index contributed by atoms with van der Waals surface area (Å²) in [7, 11) is 0. The maximum atomic E-state index is 13.2. The highest BCUT2D eigenvalue weighted by molar-refractivity contribution is 8.00. The molecule has 3 rings (SSSR count). The molecule has 1 amide bonds. The number of pyridine rings is 1. The van der Waals surface area contributed by atoms with Gasteiger partial charge in [-0.15, -0.1) is 0 Å². The Morgan fingerprint density at radius 2 is 1.90 bits per heavy atom. The number of benzene rings is 1. The summed E-state index contributed by atoms with van der Waals surface area (Å²) in [5.74, 6) is 0.461. The third-order valence-corrected chi connectivity index (χ3v) is 6.58. The summed E-state index contributed by atoms with van der Waals surface area (Å²) in [6.07, 6.45) is 4.32. The number of aromatic nitrogens is 3. The highest BCUT2D eigenvalue weighted by atomic mass is 32.2. The molecule has 0 aliphatic carbocycles. The normalized spacial score (nSPS) is 12.5. The van der Waals surface area contributed by atoms with Gasteiger partial charge in [0.15, 0.2) is 5.16 Å². The molecular weight excluding hydrogens is 408 g/mol. The Labute approximate surface area is 187 Å². The molecule has 2 aromatic heterocycles. The number of carbonyl (C=O) groups excluding carboxylic acids is 1. The molecule has 0 fully saturated rings. The zero-order chi connectivity index (χ0) is 22.4. The van der Waals surface area contributed by atoms with Gasteiger partial charge < -0.3 is 5.32 Å². The average molecular weight is 439 g/mol. The van der Waals surface area contributed by atoms with Crippen molar-refractivity contribution in [3.63, 3.8) is 0 Å². The van der Waals surface area contributed by atoms with Crippen molar-refractivity contribution < 1.29 is 4.79 Å². The van der Waals surface area contributed by atoms with E-state index in [2.05, 4.69) is 24.1 Å². The Hall–Kier alpha value is -2.67. The molecule has 0 saturated heterocycles. The van der Waals surface area contributed by atoms with E-state index in [0.29, 0.717) is 35.1 Å². The van der Waals surface area contributed by atoms with Gasteiger partial charge in [0.2, 0.25) is 5.91 Å². The van der Waals surface area contributed by atoms with Crippen LogP contribution in [0.3, 0.4) is 0 Å². The molecule has 0 aliphatic rings. The smallest absolute Gasteiger partial charge is 0.262 e. The molecule has 0 radical (unpaired) electrons. The first-order chi connectivity index (χ1) is 14.9. The molecular formula is C24H30N4O2S. The summed E-state index contributed by atoms with van der Waals surface area (Å²) in [4.78, 5) is 35.1. The quantitative estimate of drug-likeness (QED) is 0.399. The lowest BCUT2D eigenvalue weighted by atomic mass is 10.1. The summed E-state index contributed by atoms with van der Waals surface area (Å²) in [6, 6.07) is 11.2. The van der Waals surface area contributed by atoms with Crippen molar-refractivity contribution >= 4 is 28.6 Å². The van der Waals surface area contributed by atoms with E-state index in [-0.39, 0.29) is 22.6 Å². The molecule has 1 aromatic carbocycles. The number of carbonyl (C=O) groups is 1. The molecule has 164 valence electrons. The Morgan fingerprint density at radius 3 is 2.58 bits per heavy atom. The van der Waals surface area contributed by atoms with Crippen LogP contribution in [0.1, 0.15) is 39.7 Å². The SMILES string of the molecule is CC(C)CCn1c(SC(C(=O)NCc2cccnc2)C(C)C)nc2ccccc2c1=O. The Morgan fingerprint density at radius 1 is 1.13 bits per heavy atom. The van der Waals surface area contributed by atoms with Gasteiger partial charge in [0, 0.05) is 25.5 Å². The second-order valence-electron chi connectivity index (χ2n) is 8.41. The topological polar surface area (TPSA) is 76.9 Å². The van der Waals surface area contributed by atoms with Gasteiger partial charge in [-0.2, -0.15) is 0 Å². The Kier molecular flexibility index (Phi) is 7.85. The first-order valence-electron chi connectivity index (χ1n) is 10.7. The minimum Gasteiger partial charge on any atom is -0.351 e. The fourth-order valence-corrected chi connectivity index (χ4v) is 4.36. The molecule has 0 saturated carbocycles. The van der Waals surface area contributed by atoms with Crippen molar-refractivity contribution in [2.45, 2.75) is 57.6 Å². The van der Waals surface area contributed by atoms with Gasteiger partial charge in [-0.1, -0.05) is 57.7 Å². The lowest BCUT2D eigenvalue weighted by molar-refractivity contribution is -0.121. The predicted molar refractivity (Wildman–Crippen MR) is 126 cm³/mol. The summed E-state index contributed by atoms with van der Waals surface area (Å²) in [5.41, 5.74) is 1.56. The highest BCUT2D eigenvalue weighted by Crippen LogP contribution is 2.28. The summed E-state index contributed by atoms with van der Waals surface area (Å²) in [6.45, 7) is 9.29. The average Bonchev–Trinajstić information content (AvgIpc) is 2.75. The number of hydrogen-bond acceptors (Lipinski definition) is 5.